The molecule has 0 unspecified atom stereocenters. The number of esters is 1. The molecule has 0 saturated carbocycles. The molecule has 0 aromatic heterocycles. The maximum Gasteiger partial charge on any atom is 0.329 e. The maximum atomic E-state index is 12.7. The summed E-state index contributed by atoms with van der Waals surface area (Å²) in [6.07, 6.45) is 3.02. The van der Waals surface area contributed by atoms with Crippen molar-refractivity contribution in [2.24, 2.45) is 5.92 Å². The number of piperidine rings is 1. The van der Waals surface area contributed by atoms with Gasteiger partial charge in [0.2, 0.25) is 0 Å². The fourth-order valence-corrected chi connectivity index (χ4v) is 4.05. The van der Waals surface area contributed by atoms with E-state index >= 15 is 0 Å². The highest BCUT2D eigenvalue weighted by atomic mass is 16.5. The van der Waals surface area contributed by atoms with Gasteiger partial charge in [-0.05, 0) is 62.1 Å². The molecule has 172 valence electrons. The highest BCUT2D eigenvalue weighted by molar-refractivity contribution is 5.97. The molecule has 1 saturated heterocycles. The highest BCUT2D eigenvalue weighted by Crippen LogP contribution is 2.23. The number of ether oxygens (including phenoxy) is 1. The van der Waals surface area contributed by atoms with Gasteiger partial charge < -0.3 is 15.0 Å². The topological polar surface area (TPSA) is 75.7 Å². The van der Waals surface area contributed by atoms with Crippen LogP contribution in [0, 0.1) is 5.92 Å². The van der Waals surface area contributed by atoms with Crippen molar-refractivity contribution in [1.82, 2.24) is 10.2 Å². The van der Waals surface area contributed by atoms with Crippen LogP contribution in [0.2, 0.25) is 0 Å². The molecule has 0 bridgehead atoms. The van der Waals surface area contributed by atoms with Gasteiger partial charge in [0, 0.05) is 17.6 Å². The fraction of sp³-hybridized carbons (Fsp3) is 0.640. The fourth-order valence-electron chi connectivity index (χ4n) is 4.05. The summed E-state index contributed by atoms with van der Waals surface area (Å²) in [6, 6.07) is 6.86. The molecule has 3 atom stereocenters. The number of benzene rings is 1. The minimum Gasteiger partial charge on any atom is -0.454 e. The number of nitrogens with one attached hydrogen (secondary N) is 1. The number of hydrogen-bond acceptors (Lipinski definition) is 4. The first-order chi connectivity index (χ1) is 14.4. The molecule has 1 aliphatic rings. The molecule has 0 radical (unpaired) electrons. The quantitative estimate of drug-likeness (QED) is 0.690. The Kier molecular flexibility index (Phi) is 8.27. The SMILES string of the molecule is CC(C)[C@H](NC(=O)c1ccc(C(C)(C)C)cc1)C(=O)OCC(=O)N1[C@H](C)CCC[C@@H]1C. The lowest BCUT2D eigenvalue weighted by atomic mass is 9.86. The van der Waals surface area contributed by atoms with Gasteiger partial charge >= 0.3 is 5.97 Å². The van der Waals surface area contributed by atoms with Crippen LogP contribution in [0.25, 0.3) is 0 Å². The van der Waals surface area contributed by atoms with E-state index in [1.807, 2.05) is 44.7 Å². The lowest BCUT2D eigenvalue weighted by Crippen LogP contribution is -2.50. The van der Waals surface area contributed by atoms with E-state index in [-0.39, 0.29) is 41.8 Å². The maximum absolute atomic E-state index is 12.7. The first-order valence-corrected chi connectivity index (χ1v) is 11.3. The Labute approximate surface area is 186 Å². The lowest BCUT2D eigenvalue weighted by Gasteiger charge is -2.39. The molecule has 6 nitrogen and oxygen atoms in total. The van der Waals surface area contributed by atoms with Crippen LogP contribution in [-0.2, 0) is 19.7 Å². The average molecular weight is 431 g/mol. The van der Waals surface area contributed by atoms with Crippen LogP contribution in [0.5, 0.6) is 0 Å². The Morgan fingerprint density at radius 2 is 1.61 bits per heavy atom. The van der Waals surface area contributed by atoms with Crippen molar-refractivity contribution >= 4 is 17.8 Å². The Morgan fingerprint density at radius 1 is 1.06 bits per heavy atom. The van der Waals surface area contributed by atoms with Crippen LogP contribution in [0.1, 0.15) is 83.7 Å². The van der Waals surface area contributed by atoms with E-state index in [9.17, 15) is 14.4 Å². The van der Waals surface area contributed by atoms with E-state index in [1.54, 1.807) is 12.1 Å². The molecule has 1 heterocycles. The Balaban J connectivity index is 1.99. The van der Waals surface area contributed by atoms with Crippen LogP contribution >= 0.6 is 0 Å². The molecule has 0 spiro atoms. The standard InChI is InChI=1S/C25H38N2O4/c1-16(2)22(26-23(29)19-11-13-20(14-12-19)25(5,6)7)24(30)31-15-21(28)27-17(3)9-8-10-18(27)4/h11-14,16-18,22H,8-10,15H2,1-7H3,(H,26,29)/t17-,18+,22-/m0/s1. The van der Waals surface area contributed by atoms with Gasteiger partial charge in [0.15, 0.2) is 6.61 Å². The third-order valence-corrected chi connectivity index (χ3v) is 6.04. The number of carbonyl (C=O) groups is 3. The van der Waals surface area contributed by atoms with Gasteiger partial charge in [-0.2, -0.15) is 0 Å². The predicted octanol–water partition coefficient (Wildman–Crippen LogP) is 4.07. The lowest BCUT2D eigenvalue weighted by molar-refractivity contribution is -0.157. The van der Waals surface area contributed by atoms with Crippen LogP contribution in [-0.4, -0.2) is 47.4 Å². The number of likely N-dealkylation sites (tertiary alicyclic amines) is 1. The molecular formula is C25H38N2O4. The molecule has 0 aliphatic carbocycles. The zero-order chi connectivity index (χ0) is 23.3. The molecule has 1 aliphatic heterocycles. The van der Waals surface area contributed by atoms with Crippen LogP contribution in [0.4, 0.5) is 0 Å². The highest BCUT2D eigenvalue weighted by Gasteiger charge is 2.31. The molecule has 1 aromatic rings. The smallest absolute Gasteiger partial charge is 0.329 e. The molecule has 1 aromatic carbocycles. The summed E-state index contributed by atoms with van der Waals surface area (Å²) in [7, 11) is 0. The second-order valence-electron chi connectivity index (χ2n) is 10.1. The van der Waals surface area contributed by atoms with Gasteiger partial charge in [-0.3, -0.25) is 9.59 Å². The van der Waals surface area contributed by atoms with Crippen LogP contribution in [0.15, 0.2) is 24.3 Å². The van der Waals surface area contributed by atoms with E-state index in [2.05, 4.69) is 26.1 Å². The van der Waals surface area contributed by atoms with Crippen molar-refractivity contribution in [3.8, 4) is 0 Å². The third-order valence-electron chi connectivity index (χ3n) is 6.04. The van der Waals surface area contributed by atoms with Gasteiger partial charge in [-0.25, -0.2) is 4.79 Å². The van der Waals surface area contributed by atoms with Gasteiger partial charge in [-0.15, -0.1) is 0 Å². The number of nitrogens with zero attached hydrogens (tertiary/aromatic N) is 1. The summed E-state index contributed by atoms with van der Waals surface area (Å²) in [5.41, 5.74) is 1.61. The number of rotatable bonds is 6. The van der Waals surface area contributed by atoms with Crippen molar-refractivity contribution in [2.75, 3.05) is 6.61 Å². The minimum atomic E-state index is -0.821. The van der Waals surface area contributed by atoms with Crippen molar-refractivity contribution in [1.29, 1.82) is 0 Å². The molecule has 2 rings (SSSR count). The third kappa shape index (κ3) is 6.55. The zero-order valence-electron chi connectivity index (χ0n) is 20.0. The predicted molar refractivity (Wildman–Crippen MR) is 122 cm³/mol. The first kappa shape index (κ1) is 24.9. The molecule has 6 heteroatoms. The van der Waals surface area contributed by atoms with Crippen molar-refractivity contribution in [3.63, 3.8) is 0 Å². The number of carbonyl (C=O) groups excluding carboxylic acids is 3. The van der Waals surface area contributed by atoms with Gasteiger partial charge in [0.05, 0.1) is 0 Å². The Morgan fingerprint density at radius 3 is 2.10 bits per heavy atom. The van der Waals surface area contributed by atoms with E-state index in [4.69, 9.17) is 4.74 Å². The average Bonchev–Trinajstić information content (AvgIpc) is 2.69. The second kappa shape index (κ2) is 10.3. The van der Waals surface area contributed by atoms with Gasteiger partial charge in [0.25, 0.3) is 11.8 Å². The van der Waals surface area contributed by atoms with Crippen LogP contribution in [0.3, 0.4) is 0 Å². The summed E-state index contributed by atoms with van der Waals surface area (Å²) in [4.78, 5) is 39.8. The monoisotopic (exact) mass is 430 g/mol. The molecule has 1 N–H and O–H groups in total. The summed E-state index contributed by atoms with van der Waals surface area (Å²) in [6.45, 7) is 13.8. The molecule has 2 amide bonds. The Hall–Kier alpha value is -2.37. The van der Waals surface area contributed by atoms with Crippen molar-refractivity contribution in [2.45, 2.75) is 91.3 Å². The minimum absolute atomic E-state index is 0.00479. The summed E-state index contributed by atoms with van der Waals surface area (Å²) in [5.74, 6) is -1.27. The van der Waals surface area contributed by atoms with E-state index < -0.39 is 12.0 Å². The number of hydrogen-bond donors (Lipinski definition) is 1. The van der Waals surface area contributed by atoms with E-state index in [0.717, 1.165) is 24.8 Å². The second-order valence-corrected chi connectivity index (χ2v) is 10.1. The van der Waals surface area contributed by atoms with Gasteiger partial charge in [0.1, 0.15) is 6.04 Å². The largest absolute Gasteiger partial charge is 0.454 e. The van der Waals surface area contributed by atoms with Gasteiger partial charge in [-0.1, -0.05) is 46.8 Å². The van der Waals surface area contributed by atoms with Crippen molar-refractivity contribution < 1.29 is 19.1 Å². The molecule has 1 fully saturated rings. The van der Waals surface area contributed by atoms with E-state index in [1.165, 1.54) is 0 Å². The summed E-state index contributed by atoms with van der Waals surface area (Å²) >= 11 is 0. The molecule has 31 heavy (non-hydrogen) atoms. The summed E-state index contributed by atoms with van der Waals surface area (Å²) < 4.78 is 5.33. The van der Waals surface area contributed by atoms with Crippen LogP contribution < -0.4 is 5.32 Å². The Bertz CT molecular complexity index is 770. The first-order valence-electron chi connectivity index (χ1n) is 11.3. The normalized spacial score (nSPS) is 20.3. The van der Waals surface area contributed by atoms with Crippen molar-refractivity contribution in [3.05, 3.63) is 35.4 Å². The molecular weight excluding hydrogens is 392 g/mol. The number of amides is 2. The summed E-state index contributed by atoms with van der Waals surface area (Å²) in [5, 5.41) is 2.77. The van der Waals surface area contributed by atoms with E-state index in [0.29, 0.717) is 5.56 Å². The zero-order valence-corrected chi connectivity index (χ0v) is 20.0.